The lowest BCUT2D eigenvalue weighted by atomic mass is 10.2. The number of carbonyl (C=O) groups is 2. The number of carboxylic acids is 1. The molecular formula is C13H16N2O3. The van der Waals surface area contributed by atoms with Gasteiger partial charge in [-0.2, -0.15) is 0 Å². The molecule has 0 spiro atoms. The number of nitrogens with one attached hydrogen (secondary N) is 2. The van der Waals surface area contributed by atoms with Crippen LogP contribution in [0.25, 0.3) is 0 Å². The van der Waals surface area contributed by atoms with Crippen LogP contribution in [0.1, 0.15) is 20.3 Å². The van der Waals surface area contributed by atoms with E-state index in [1.54, 1.807) is 24.3 Å². The van der Waals surface area contributed by atoms with Crippen molar-refractivity contribution in [3.63, 3.8) is 0 Å². The predicted octanol–water partition coefficient (Wildman–Crippen LogP) is 2.44. The molecule has 96 valence electrons. The van der Waals surface area contributed by atoms with E-state index >= 15 is 0 Å². The molecule has 0 heterocycles. The average Bonchev–Trinajstić information content (AvgIpc) is 2.29. The number of amides is 1. The minimum Gasteiger partial charge on any atom is -0.478 e. The van der Waals surface area contributed by atoms with Crippen LogP contribution in [0.3, 0.4) is 0 Å². The molecule has 0 aliphatic rings. The van der Waals surface area contributed by atoms with Crippen molar-refractivity contribution in [3.05, 3.63) is 36.0 Å². The lowest BCUT2D eigenvalue weighted by molar-refractivity contribution is -0.131. The summed E-state index contributed by atoms with van der Waals surface area (Å²) in [5.74, 6) is -1.11. The third-order valence-corrected chi connectivity index (χ3v) is 2.19. The summed E-state index contributed by atoms with van der Waals surface area (Å²) in [6.45, 7) is 3.31. The van der Waals surface area contributed by atoms with Gasteiger partial charge in [-0.1, -0.05) is 6.92 Å². The Kier molecular flexibility index (Phi) is 4.92. The Morgan fingerprint density at radius 2 is 1.67 bits per heavy atom. The normalized spacial score (nSPS) is 10.9. The summed E-state index contributed by atoms with van der Waals surface area (Å²) in [6, 6.07) is 7.04. The molecule has 1 rings (SSSR count). The molecule has 1 aromatic carbocycles. The molecule has 3 N–H and O–H groups in total. The Hall–Kier alpha value is -2.30. The van der Waals surface area contributed by atoms with Gasteiger partial charge in [0.25, 0.3) is 0 Å². The summed E-state index contributed by atoms with van der Waals surface area (Å²) >= 11 is 0. The van der Waals surface area contributed by atoms with Crippen molar-refractivity contribution < 1.29 is 14.7 Å². The predicted molar refractivity (Wildman–Crippen MR) is 70.4 cm³/mol. The van der Waals surface area contributed by atoms with Crippen molar-refractivity contribution in [2.45, 2.75) is 20.3 Å². The average molecular weight is 248 g/mol. The fourth-order valence-electron chi connectivity index (χ4n) is 1.40. The van der Waals surface area contributed by atoms with Crippen molar-refractivity contribution in [2.24, 2.45) is 0 Å². The van der Waals surface area contributed by atoms with E-state index in [0.717, 1.165) is 11.8 Å². The van der Waals surface area contributed by atoms with Crippen LogP contribution in [0.5, 0.6) is 0 Å². The highest BCUT2D eigenvalue weighted by Crippen LogP contribution is 2.16. The second kappa shape index (κ2) is 6.44. The number of allylic oxidation sites excluding steroid dienone is 1. The Labute approximate surface area is 106 Å². The SMILES string of the molecule is CCC(=CC(=O)O)Nc1ccc(NC(C)=O)cc1. The molecule has 0 aromatic heterocycles. The zero-order chi connectivity index (χ0) is 13.5. The van der Waals surface area contributed by atoms with Gasteiger partial charge in [-0.25, -0.2) is 4.79 Å². The molecule has 1 amide bonds. The maximum absolute atomic E-state index is 10.8. The van der Waals surface area contributed by atoms with Crippen LogP contribution in [-0.2, 0) is 9.59 Å². The second-order valence-corrected chi connectivity index (χ2v) is 3.74. The van der Waals surface area contributed by atoms with E-state index < -0.39 is 5.97 Å². The number of anilines is 2. The molecular weight excluding hydrogens is 232 g/mol. The van der Waals surface area contributed by atoms with Crippen LogP contribution in [0.2, 0.25) is 0 Å². The van der Waals surface area contributed by atoms with Gasteiger partial charge in [0.1, 0.15) is 0 Å². The number of aliphatic carboxylic acids is 1. The van der Waals surface area contributed by atoms with Gasteiger partial charge in [0.05, 0.1) is 0 Å². The number of hydrogen-bond donors (Lipinski definition) is 3. The van der Waals surface area contributed by atoms with E-state index in [9.17, 15) is 9.59 Å². The monoisotopic (exact) mass is 248 g/mol. The minimum absolute atomic E-state index is 0.129. The summed E-state index contributed by atoms with van der Waals surface area (Å²) in [6.07, 6.45) is 1.74. The molecule has 0 aliphatic heterocycles. The lowest BCUT2D eigenvalue weighted by Gasteiger charge is -2.09. The first-order chi connectivity index (χ1) is 8.51. The van der Waals surface area contributed by atoms with Crippen LogP contribution in [0.15, 0.2) is 36.0 Å². The molecule has 0 fully saturated rings. The first kappa shape index (κ1) is 13.8. The van der Waals surface area contributed by atoms with Gasteiger partial charge in [0, 0.05) is 30.1 Å². The zero-order valence-corrected chi connectivity index (χ0v) is 10.4. The second-order valence-electron chi connectivity index (χ2n) is 3.74. The quantitative estimate of drug-likeness (QED) is 0.699. The Bertz CT molecular complexity index is 464. The highest BCUT2D eigenvalue weighted by atomic mass is 16.4. The smallest absolute Gasteiger partial charge is 0.330 e. The van der Waals surface area contributed by atoms with Crippen LogP contribution >= 0.6 is 0 Å². The van der Waals surface area contributed by atoms with Crippen molar-refractivity contribution >= 4 is 23.3 Å². The van der Waals surface area contributed by atoms with Gasteiger partial charge >= 0.3 is 5.97 Å². The molecule has 0 atom stereocenters. The Balaban J connectivity index is 2.73. The van der Waals surface area contributed by atoms with Crippen LogP contribution in [-0.4, -0.2) is 17.0 Å². The third-order valence-electron chi connectivity index (χ3n) is 2.19. The van der Waals surface area contributed by atoms with Gasteiger partial charge in [-0.15, -0.1) is 0 Å². The number of carboxylic acid groups (broad SMARTS) is 1. The molecule has 5 nitrogen and oxygen atoms in total. The van der Waals surface area contributed by atoms with Gasteiger partial charge in [0.15, 0.2) is 0 Å². The molecule has 0 unspecified atom stereocenters. The summed E-state index contributed by atoms with van der Waals surface area (Å²) in [4.78, 5) is 21.4. The van der Waals surface area contributed by atoms with E-state index in [4.69, 9.17) is 5.11 Å². The Morgan fingerprint density at radius 3 is 2.06 bits per heavy atom. The zero-order valence-electron chi connectivity index (χ0n) is 10.4. The fraction of sp³-hybridized carbons (Fsp3) is 0.231. The topological polar surface area (TPSA) is 78.4 Å². The molecule has 1 aromatic rings. The van der Waals surface area contributed by atoms with E-state index in [0.29, 0.717) is 17.8 Å². The van der Waals surface area contributed by atoms with Crippen molar-refractivity contribution in [1.82, 2.24) is 0 Å². The lowest BCUT2D eigenvalue weighted by Crippen LogP contribution is -2.06. The van der Waals surface area contributed by atoms with Crippen LogP contribution < -0.4 is 10.6 Å². The van der Waals surface area contributed by atoms with Crippen LogP contribution in [0, 0.1) is 0 Å². The van der Waals surface area contributed by atoms with Gasteiger partial charge < -0.3 is 15.7 Å². The van der Waals surface area contributed by atoms with Crippen molar-refractivity contribution in [2.75, 3.05) is 10.6 Å². The third kappa shape index (κ3) is 4.69. The molecule has 0 radical (unpaired) electrons. The first-order valence-corrected chi connectivity index (χ1v) is 5.59. The maximum Gasteiger partial charge on any atom is 0.330 e. The van der Waals surface area contributed by atoms with E-state index in [1.165, 1.54) is 6.92 Å². The fourth-order valence-corrected chi connectivity index (χ4v) is 1.40. The molecule has 18 heavy (non-hydrogen) atoms. The number of hydrogen-bond acceptors (Lipinski definition) is 3. The summed E-state index contributed by atoms with van der Waals surface area (Å²) in [5.41, 5.74) is 2.10. The summed E-state index contributed by atoms with van der Waals surface area (Å²) in [7, 11) is 0. The van der Waals surface area contributed by atoms with Gasteiger partial charge in [0.2, 0.25) is 5.91 Å². The van der Waals surface area contributed by atoms with E-state index in [-0.39, 0.29) is 5.91 Å². The molecule has 0 saturated heterocycles. The van der Waals surface area contributed by atoms with Crippen molar-refractivity contribution in [1.29, 1.82) is 0 Å². The van der Waals surface area contributed by atoms with E-state index in [1.807, 2.05) is 6.92 Å². The number of rotatable bonds is 5. The van der Waals surface area contributed by atoms with E-state index in [2.05, 4.69) is 10.6 Å². The summed E-state index contributed by atoms with van der Waals surface area (Å²) in [5, 5.41) is 14.3. The highest BCUT2D eigenvalue weighted by molar-refractivity contribution is 5.88. The molecule has 5 heteroatoms. The highest BCUT2D eigenvalue weighted by Gasteiger charge is 2.00. The first-order valence-electron chi connectivity index (χ1n) is 5.59. The molecule has 0 bridgehead atoms. The molecule has 0 saturated carbocycles. The number of benzene rings is 1. The van der Waals surface area contributed by atoms with Gasteiger partial charge in [-0.3, -0.25) is 4.79 Å². The van der Waals surface area contributed by atoms with Crippen molar-refractivity contribution in [3.8, 4) is 0 Å². The molecule has 0 aliphatic carbocycles. The largest absolute Gasteiger partial charge is 0.478 e. The van der Waals surface area contributed by atoms with Crippen LogP contribution in [0.4, 0.5) is 11.4 Å². The Morgan fingerprint density at radius 1 is 1.17 bits per heavy atom. The van der Waals surface area contributed by atoms with Gasteiger partial charge in [-0.05, 0) is 30.7 Å². The minimum atomic E-state index is -0.978. The maximum atomic E-state index is 10.8. The standard InChI is InChI=1S/C13H16N2O3/c1-3-10(8-13(17)18)15-12-6-4-11(5-7-12)14-9(2)16/h4-8,15H,3H2,1-2H3,(H,14,16)(H,17,18). The summed E-state index contributed by atoms with van der Waals surface area (Å²) < 4.78 is 0. The number of carbonyl (C=O) groups excluding carboxylic acids is 1.